The lowest BCUT2D eigenvalue weighted by molar-refractivity contribution is 0.282. The Morgan fingerprint density at radius 3 is 1.83 bits per heavy atom. The molecule has 0 radical (unpaired) electrons. The van der Waals surface area contributed by atoms with Crippen molar-refractivity contribution in [3.8, 4) is 0 Å². The normalized spacial score (nSPS) is 10.6. The third kappa shape index (κ3) is 3.13. The van der Waals surface area contributed by atoms with E-state index in [1.54, 1.807) is 0 Å². The van der Waals surface area contributed by atoms with E-state index in [-0.39, 0.29) is 6.61 Å². The van der Waals surface area contributed by atoms with Gasteiger partial charge in [-0.3, -0.25) is 0 Å². The molecule has 0 amide bonds. The molecular formula is C21H21NO. The fraction of sp³-hybridized carbons (Fsp3) is 0.143. The largest absolute Gasteiger partial charge is 0.392 e. The average Bonchev–Trinajstić information content (AvgIpc) is 2.59. The van der Waals surface area contributed by atoms with Gasteiger partial charge in [-0.1, -0.05) is 48.5 Å². The fourth-order valence-corrected chi connectivity index (χ4v) is 2.89. The summed E-state index contributed by atoms with van der Waals surface area (Å²) in [5.74, 6) is 0. The predicted molar refractivity (Wildman–Crippen MR) is 96.5 cm³/mol. The second kappa shape index (κ2) is 6.67. The van der Waals surface area contributed by atoms with E-state index in [1.165, 1.54) is 16.8 Å². The van der Waals surface area contributed by atoms with Gasteiger partial charge >= 0.3 is 0 Å². The van der Waals surface area contributed by atoms with Crippen molar-refractivity contribution >= 4 is 17.1 Å². The third-order valence-corrected chi connectivity index (χ3v) is 4.05. The molecule has 0 bridgehead atoms. The number of aliphatic hydroxyl groups excluding tert-OH is 1. The van der Waals surface area contributed by atoms with Gasteiger partial charge in [0.25, 0.3) is 0 Å². The van der Waals surface area contributed by atoms with Crippen LogP contribution < -0.4 is 4.90 Å². The van der Waals surface area contributed by atoms with E-state index in [1.807, 2.05) is 18.2 Å². The molecule has 1 N–H and O–H groups in total. The molecular weight excluding hydrogens is 282 g/mol. The maximum Gasteiger partial charge on any atom is 0.0681 e. The van der Waals surface area contributed by atoms with Gasteiger partial charge in [-0.05, 0) is 54.8 Å². The minimum absolute atomic E-state index is 0.0645. The van der Waals surface area contributed by atoms with E-state index in [0.717, 1.165) is 16.9 Å². The van der Waals surface area contributed by atoms with Crippen LogP contribution in [0.4, 0.5) is 17.1 Å². The van der Waals surface area contributed by atoms with Crippen molar-refractivity contribution in [3.63, 3.8) is 0 Å². The zero-order chi connectivity index (χ0) is 16.2. The van der Waals surface area contributed by atoms with Crippen molar-refractivity contribution in [1.82, 2.24) is 0 Å². The number of hydrogen-bond donors (Lipinski definition) is 1. The number of aryl methyl sites for hydroxylation is 2. The molecule has 0 saturated heterocycles. The number of nitrogens with zero attached hydrogens (tertiary/aromatic N) is 1. The molecule has 0 spiro atoms. The second-order valence-electron chi connectivity index (χ2n) is 5.74. The first-order valence-corrected chi connectivity index (χ1v) is 7.82. The predicted octanol–water partition coefficient (Wildman–Crippen LogP) is 5.27. The van der Waals surface area contributed by atoms with Gasteiger partial charge in [0, 0.05) is 11.4 Å². The van der Waals surface area contributed by atoms with Crippen molar-refractivity contribution in [2.75, 3.05) is 4.90 Å². The van der Waals surface area contributed by atoms with Crippen molar-refractivity contribution in [1.29, 1.82) is 0 Å². The minimum atomic E-state index is 0.0645. The van der Waals surface area contributed by atoms with Crippen molar-refractivity contribution in [2.45, 2.75) is 20.5 Å². The first kappa shape index (κ1) is 15.3. The van der Waals surface area contributed by atoms with Gasteiger partial charge in [0.2, 0.25) is 0 Å². The molecule has 0 unspecified atom stereocenters. The quantitative estimate of drug-likeness (QED) is 0.710. The van der Waals surface area contributed by atoms with Gasteiger partial charge in [0.1, 0.15) is 0 Å². The zero-order valence-electron chi connectivity index (χ0n) is 13.5. The number of aliphatic hydroxyl groups is 1. The van der Waals surface area contributed by atoms with Crippen LogP contribution in [-0.2, 0) is 6.61 Å². The molecule has 0 aliphatic heterocycles. The first-order chi connectivity index (χ1) is 11.2. The Balaban J connectivity index is 2.18. The topological polar surface area (TPSA) is 23.5 Å². The molecule has 3 aromatic carbocycles. The number of rotatable bonds is 4. The number of hydrogen-bond acceptors (Lipinski definition) is 2. The van der Waals surface area contributed by atoms with E-state index in [4.69, 9.17) is 0 Å². The van der Waals surface area contributed by atoms with Crippen molar-refractivity contribution in [2.24, 2.45) is 0 Å². The second-order valence-corrected chi connectivity index (χ2v) is 5.74. The average molecular weight is 303 g/mol. The van der Waals surface area contributed by atoms with Crippen LogP contribution in [0.25, 0.3) is 0 Å². The Hall–Kier alpha value is -2.58. The van der Waals surface area contributed by atoms with E-state index >= 15 is 0 Å². The molecule has 2 nitrogen and oxygen atoms in total. The molecule has 0 heterocycles. The summed E-state index contributed by atoms with van der Waals surface area (Å²) in [4.78, 5) is 2.27. The molecule has 3 rings (SSSR count). The van der Waals surface area contributed by atoms with Crippen LogP contribution >= 0.6 is 0 Å². The number of para-hydroxylation sites is 2. The van der Waals surface area contributed by atoms with Crippen LogP contribution in [0.15, 0.2) is 72.8 Å². The Bertz CT molecular complexity index is 758. The highest BCUT2D eigenvalue weighted by Gasteiger charge is 2.16. The van der Waals surface area contributed by atoms with Crippen LogP contribution in [0.1, 0.15) is 16.7 Å². The molecule has 0 aliphatic rings. The van der Waals surface area contributed by atoms with Gasteiger partial charge in [-0.2, -0.15) is 0 Å². The van der Waals surface area contributed by atoms with Gasteiger partial charge < -0.3 is 10.0 Å². The molecule has 0 aliphatic carbocycles. The maximum atomic E-state index is 9.28. The standard InChI is InChI=1S/C21H21NO/c1-16-7-6-8-17(2)21(16)22(19-9-4-3-5-10-19)20-13-11-18(15-23)12-14-20/h3-14,23H,15H2,1-2H3. The summed E-state index contributed by atoms with van der Waals surface area (Å²) in [6.45, 7) is 4.34. The highest BCUT2D eigenvalue weighted by atomic mass is 16.3. The van der Waals surface area contributed by atoms with Crippen LogP contribution in [0.2, 0.25) is 0 Å². The lowest BCUT2D eigenvalue weighted by atomic mass is 10.1. The molecule has 0 saturated carbocycles. The summed E-state index contributed by atoms with van der Waals surface area (Å²) < 4.78 is 0. The summed E-state index contributed by atoms with van der Waals surface area (Å²) in [6, 6.07) is 24.8. The van der Waals surface area contributed by atoms with Crippen molar-refractivity contribution in [3.05, 3.63) is 89.5 Å². The molecule has 0 atom stereocenters. The Labute approximate surface area is 137 Å². The molecule has 0 fully saturated rings. The smallest absolute Gasteiger partial charge is 0.0681 e. The number of benzene rings is 3. The first-order valence-electron chi connectivity index (χ1n) is 7.82. The Kier molecular flexibility index (Phi) is 4.45. The van der Waals surface area contributed by atoms with Crippen LogP contribution in [0.5, 0.6) is 0 Å². The minimum Gasteiger partial charge on any atom is -0.392 e. The van der Waals surface area contributed by atoms with Crippen molar-refractivity contribution < 1.29 is 5.11 Å². The maximum absolute atomic E-state index is 9.28. The summed E-state index contributed by atoms with van der Waals surface area (Å²) >= 11 is 0. The molecule has 2 heteroatoms. The SMILES string of the molecule is Cc1cccc(C)c1N(c1ccccc1)c1ccc(CO)cc1. The Morgan fingerprint density at radius 1 is 0.696 bits per heavy atom. The molecule has 116 valence electrons. The monoisotopic (exact) mass is 303 g/mol. The van der Waals surface area contributed by atoms with Gasteiger partial charge in [-0.25, -0.2) is 0 Å². The summed E-state index contributed by atoms with van der Waals surface area (Å²) in [5.41, 5.74) is 6.81. The summed E-state index contributed by atoms with van der Waals surface area (Å²) in [7, 11) is 0. The van der Waals surface area contributed by atoms with E-state index in [9.17, 15) is 5.11 Å². The molecule has 0 aromatic heterocycles. The van der Waals surface area contributed by atoms with E-state index in [2.05, 4.69) is 73.3 Å². The molecule has 3 aromatic rings. The number of anilines is 3. The molecule has 23 heavy (non-hydrogen) atoms. The zero-order valence-corrected chi connectivity index (χ0v) is 13.5. The highest BCUT2D eigenvalue weighted by Crippen LogP contribution is 2.38. The highest BCUT2D eigenvalue weighted by molar-refractivity contribution is 5.80. The third-order valence-electron chi connectivity index (χ3n) is 4.05. The fourth-order valence-electron chi connectivity index (χ4n) is 2.89. The van der Waals surface area contributed by atoms with Crippen LogP contribution in [0, 0.1) is 13.8 Å². The van der Waals surface area contributed by atoms with Gasteiger partial charge in [-0.15, -0.1) is 0 Å². The van der Waals surface area contributed by atoms with Crippen LogP contribution in [-0.4, -0.2) is 5.11 Å². The van der Waals surface area contributed by atoms with Gasteiger partial charge in [0.15, 0.2) is 0 Å². The van der Waals surface area contributed by atoms with E-state index < -0.39 is 0 Å². The Morgan fingerprint density at radius 2 is 1.26 bits per heavy atom. The van der Waals surface area contributed by atoms with Crippen LogP contribution in [0.3, 0.4) is 0 Å². The van der Waals surface area contributed by atoms with E-state index in [0.29, 0.717) is 0 Å². The lowest BCUT2D eigenvalue weighted by Gasteiger charge is -2.28. The summed E-state index contributed by atoms with van der Waals surface area (Å²) in [6.07, 6.45) is 0. The lowest BCUT2D eigenvalue weighted by Crippen LogP contribution is -2.12. The van der Waals surface area contributed by atoms with Gasteiger partial charge in [0.05, 0.1) is 12.3 Å². The summed E-state index contributed by atoms with van der Waals surface area (Å²) in [5, 5.41) is 9.28.